The average Bonchev–Trinajstić information content (AvgIpc) is 2.26. The number of hydrogen-bond acceptors (Lipinski definition) is 3. The summed E-state index contributed by atoms with van der Waals surface area (Å²) in [6.07, 6.45) is 0. The Balaban J connectivity index is 3.03. The molecule has 5 heteroatoms. The van der Waals surface area contributed by atoms with Crippen LogP contribution in [-0.2, 0) is 17.0 Å². The third kappa shape index (κ3) is 4.19. The van der Waals surface area contributed by atoms with Gasteiger partial charge in [-0.3, -0.25) is 0 Å². The highest BCUT2D eigenvalue weighted by Gasteiger charge is 2.30. The lowest BCUT2D eigenvalue weighted by Crippen LogP contribution is -2.40. The maximum atomic E-state index is 14.5. The Morgan fingerprint density at radius 3 is 2.25 bits per heavy atom. The highest BCUT2D eigenvalue weighted by atomic mass is 32.2. The van der Waals surface area contributed by atoms with E-state index in [1.54, 1.807) is 39.0 Å². The fourth-order valence-electron chi connectivity index (χ4n) is 1.76. The molecule has 0 aliphatic heterocycles. The normalized spacial score (nSPS) is 16.1. The number of rotatable bonds is 4. The first-order valence-corrected chi connectivity index (χ1v) is 7.79. The maximum Gasteiger partial charge on any atom is 0.136 e. The molecule has 0 heterocycles. The maximum absolute atomic E-state index is 14.5. The van der Waals surface area contributed by atoms with Crippen LogP contribution in [0.3, 0.4) is 0 Å². The average molecular weight is 301 g/mol. The van der Waals surface area contributed by atoms with Crippen molar-refractivity contribution in [3.05, 3.63) is 35.1 Å². The van der Waals surface area contributed by atoms with E-state index in [2.05, 4.69) is 4.72 Å². The van der Waals surface area contributed by atoms with E-state index in [0.29, 0.717) is 5.56 Å². The molecule has 0 amide bonds. The number of nitrogens with one attached hydrogen (secondary N) is 1. The van der Waals surface area contributed by atoms with Crippen LogP contribution >= 0.6 is 0 Å². The molecular weight excluding hydrogens is 277 g/mol. The largest absolute Gasteiger partial charge is 0.598 e. The Hall–Kier alpha value is -0.620. The molecule has 0 saturated carbocycles. The van der Waals surface area contributed by atoms with Crippen molar-refractivity contribution < 1.29 is 14.0 Å². The van der Waals surface area contributed by atoms with Crippen LogP contribution in [0.4, 0.5) is 4.39 Å². The van der Waals surface area contributed by atoms with Gasteiger partial charge in [0.1, 0.15) is 10.6 Å². The van der Waals surface area contributed by atoms with Gasteiger partial charge in [0, 0.05) is 22.5 Å². The van der Waals surface area contributed by atoms with Gasteiger partial charge in [-0.25, -0.2) is 4.39 Å². The summed E-state index contributed by atoms with van der Waals surface area (Å²) in [5.74, 6) is -0.453. The lowest BCUT2D eigenvalue weighted by Gasteiger charge is -2.27. The topological polar surface area (TPSA) is 55.3 Å². The van der Waals surface area contributed by atoms with Crippen molar-refractivity contribution in [2.24, 2.45) is 0 Å². The lowest BCUT2D eigenvalue weighted by molar-refractivity contribution is 0.0743. The van der Waals surface area contributed by atoms with Gasteiger partial charge < -0.3 is 9.66 Å². The Bertz CT molecular complexity index is 466. The van der Waals surface area contributed by atoms with Crippen LogP contribution < -0.4 is 4.72 Å². The minimum atomic E-state index is -1.28. The molecular formula is C15H24FNO2S. The molecule has 1 aromatic rings. The molecule has 0 aliphatic rings. The Kier molecular flexibility index (Phi) is 5.24. The van der Waals surface area contributed by atoms with E-state index in [9.17, 15) is 14.0 Å². The second-order valence-corrected chi connectivity index (χ2v) is 8.49. The molecule has 114 valence electrons. The third-order valence-corrected chi connectivity index (χ3v) is 4.67. The van der Waals surface area contributed by atoms with Gasteiger partial charge in [-0.15, -0.1) is 4.72 Å². The van der Waals surface area contributed by atoms with E-state index in [4.69, 9.17) is 0 Å². The summed E-state index contributed by atoms with van der Waals surface area (Å²) < 4.78 is 29.0. The van der Waals surface area contributed by atoms with Gasteiger partial charge in [-0.05, 0) is 41.5 Å². The molecule has 0 aliphatic carbocycles. The summed E-state index contributed by atoms with van der Waals surface area (Å²) in [6, 6.07) is 4.50. The molecule has 1 rings (SSSR count). The molecule has 3 nitrogen and oxygen atoms in total. The molecule has 0 aromatic heterocycles. The van der Waals surface area contributed by atoms with Gasteiger partial charge in [0.2, 0.25) is 0 Å². The summed E-state index contributed by atoms with van der Waals surface area (Å²) in [5, 5.41) is 9.97. The van der Waals surface area contributed by atoms with Crippen LogP contribution in [0.25, 0.3) is 0 Å². The van der Waals surface area contributed by atoms with Crippen LogP contribution in [0.1, 0.15) is 58.7 Å². The molecule has 0 fully saturated rings. The molecule has 0 saturated heterocycles. The molecule has 0 bridgehead atoms. The molecule has 2 atom stereocenters. The van der Waals surface area contributed by atoms with Gasteiger partial charge in [-0.2, -0.15) is 0 Å². The predicted octanol–water partition coefficient (Wildman–Crippen LogP) is 3.17. The second-order valence-electron chi connectivity index (χ2n) is 6.49. The molecule has 20 heavy (non-hydrogen) atoms. The van der Waals surface area contributed by atoms with Crippen molar-refractivity contribution in [1.82, 2.24) is 4.72 Å². The van der Waals surface area contributed by atoms with Crippen molar-refractivity contribution in [3.8, 4) is 0 Å². The summed E-state index contributed by atoms with van der Waals surface area (Å²) >= 11 is -1.28. The van der Waals surface area contributed by atoms with E-state index >= 15 is 0 Å². The van der Waals surface area contributed by atoms with Crippen molar-refractivity contribution in [3.63, 3.8) is 0 Å². The first-order valence-electron chi connectivity index (χ1n) is 6.64. The summed E-state index contributed by atoms with van der Waals surface area (Å²) in [6.45, 7) is 10.4. The highest BCUT2D eigenvalue weighted by Crippen LogP contribution is 2.28. The first kappa shape index (κ1) is 17.4. The Labute approximate surface area is 123 Å². The van der Waals surface area contributed by atoms with E-state index in [1.165, 1.54) is 0 Å². The van der Waals surface area contributed by atoms with Gasteiger partial charge in [0.05, 0.1) is 11.6 Å². The van der Waals surface area contributed by atoms with Crippen LogP contribution in [0, 0.1) is 5.82 Å². The summed E-state index contributed by atoms with van der Waals surface area (Å²) in [7, 11) is 0. The van der Waals surface area contributed by atoms with Crippen molar-refractivity contribution in [1.29, 1.82) is 0 Å². The highest BCUT2D eigenvalue weighted by molar-refractivity contribution is 7.90. The lowest BCUT2D eigenvalue weighted by atomic mass is 9.94. The zero-order valence-electron chi connectivity index (χ0n) is 13.0. The molecule has 0 spiro atoms. The van der Waals surface area contributed by atoms with Crippen LogP contribution in [0.5, 0.6) is 0 Å². The van der Waals surface area contributed by atoms with Crippen molar-refractivity contribution in [2.75, 3.05) is 0 Å². The van der Waals surface area contributed by atoms with E-state index < -0.39 is 33.6 Å². The smallest absolute Gasteiger partial charge is 0.136 e. The summed E-state index contributed by atoms with van der Waals surface area (Å²) in [5.41, 5.74) is -0.601. The molecule has 0 radical (unpaired) electrons. The number of hydrogen-bond donors (Lipinski definition) is 2. The Morgan fingerprint density at radius 2 is 1.80 bits per heavy atom. The van der Waals surface area contributed by atoms with E-state index in [0.717, 1.165) is 0 Å². The first-order chi connectivity index (χ1) is 8.94. The predicted molar refractivity (Wildman–Crippen MR) is 81.1 cm³/mol. The summed E-state index contributed by atoms with van der Waals surface area (Å²) in [4.78, 5) is 0. The van der Waals surface area contributed by atoms with E-state index in [-0.39, 0.29) is 5.56 Å². The fourth-order valence-corrected chi connectivity index (χ4v) is 2.56. The van der Waals surface area contributed by atoms with Gasteiger partial charge in [0.15, 0.2) is 0 Å². The van der Waals surface area contributed by atoms with Gasteiger partial charge >= 0.3 is 0 Å². The fraction of sp³-hybridized carbons (Fsp3) is 0.600. The van der Waals surface area contributed by atoms with Crippen LogP contribution in [0.15, 0.2) is 18.2 Å². The zero-order valence-corrected chi connectivity index (χ0v) is 13.8. The minimum absolute atomic E-state index is 0.241. The van der Waals surface area contributed by atoms with Crippen LogP contribution in [-0.4, -0.2) is 14.4 Å². The monoisotopic (exact) mass is 301 g/mol. The number of benzene rings is 1. The van der Waals surface area contributed by atoms with Crippen molar-refractivity contribution in [2.45, 2.75) is 57.9 Å². The SMILES string of the molecule is CC(N[S+]([O-])C(C)(C)C)c1cccc(C(C)(C)O)c1F. The van der Waals surface area contributed by atoms with Crippen molar-refractivity contribution >= 4 is 11.4 Å². The zero-order chi connectivity index (χ0) is 15.7. The standard InChI is InChI=1S/C15H24FNO2S/c1-10(17-20(19)14(2,3)4)11-8-7-9-12(13(11)16)15(5,6)18/h7-10,17-18H,1-6H3. The van der Waals surface area contributed by atoms with Crippen LogP contribution in [0.2, 0.25) is 0 Å². The minimum Gasteiger partial charge on any atom is -0.598 e. The molecule has 2 N–H and O–H groups in total. The van der Waals surface area contributed by atoms with E-state index in [1.807, 2.05) is 20.8 Å². The number of aliphatic hydroxyl groups is 1. The molecule has 1 aromatic carbocycles. The second kappa shape index (κ2) is 6.02. The third-order valence-electron chi connectivity index (χ3n) is 2.99. The number of halogens is 1. The van der Waals surface area contributed by atoms with Gasteiger partial charge in [0.25, 0.3) is 0 Å². The molecule has 2 unspecified atom stereocenters. The quantitative estimate of drug-likeness (QED) is 0.840. The Morgan fingerprint density at radius 1 is 1.25 bits per heavy atom. The van der Waals surface area contributed by atoms with Gasteiger partial charge in [-0.1, -0.05) is 18.2 Å².